The highest BCUT2D eigenvalue weighted by atomic mass is 35.5. The molecule has 10 heteroatoms. The fraction of sp³-hybridized carbons (Fsp3) is 0.444. The van der Waals surface area contributed by atoms with Crippen LogP contribution < -0.4 is 15.4 Å². The molecule has 0 aliphatic rings. The van der Waals surface area contributed by atoms with E-state index in [1.807, 2.05) is 0 Å². The summed E-state index contributed by atoms with van der Waals surface area (Å²) >= 11 is 0. The lowest BCUT2D eigenvalue weighted by Gasteiger charge is -2.18. The smallest absolute Gasteiger partial charge is 0.416 e. The van der Waals surface area contributed by atoms with Gasteiger partial charge in [-0.25, -0.2) is 0 Å². The number of alkyl halides is 3. The highest BCUT2D eigenvalue weighted by Crippen LogP contribution is 2.34. The van der Waals surface area contributed by atoms with E-state index in [4.69, 9.17) is 4.74 Å². The Hall–Kier alpha value is -2.26. The van der Waals surface area contributed by atoms with Crippen molar-refractivity contribution in [1.82, 2.24) is 20.4 Å². The number of benzene rings is 1. The largest absolute Gasteiger partial charge is 0.491 e. The Morgan fingerprint density at radius 3 is 2.50 bits per heavy atom. The summed E-state index contributed by atoms with van der Waals surface area (Å²) in [6, 6.07) is 3.03. The number of ether oxygens (including phenoxy) is 1. The van der Waals surface area contributed by atoms with Crippen molar-refractivity contribution < 1.29 is 22.7 Å². The van der Waals surface area contributed by atoms with E-state index in [0.29, 0.717) is 5.56 Å². The van der Waals surface area contributed by atoms with Crippen LogP contribution in [0, 0.1) is 0 Å². The maximum atomic E-state index is 13.4. The molecule has 2 rings (SSSR count). The number of hydrogen-bond acceptors (Lipinski definition) is 4. The number of aryl methyl sites for hydroxylation is 1. The molecule has 2 aromatic rings. The number of nitrogens with one attached hydrogen (secondary N) is 2. The molecule has 1 unspecified atom stereocenters. The van der Waals surface area contributed by atoms with Gasteiger partial charge in [-0.2, -0.15) is 18.3 Å². The molecule has 0 aliphatic heterocycles. The Morgan fingerprint density at radius 1 is 1.32 bits per heavy atom. The molecule has 6 nitrogen and oxygen atoms in total. The van der Waals surface area contributed by atoms with Gasteiger partial charge in [-0.15, -0.1) is 12.4 Å². The summed E-state index contributed by atoms with van der Waals surface area (Å²) in [5, 5.41) is 9.39. The van der Waals surface area contributed by atoms with E-state index in [1.54, 1.807) is 38.8 Å². The minimum Gasteiger partial charge on any atom is -0.491 e. The molecule has 0 spiro atoms. The topological polar surface area (TPSA) is 68.2 Å². The molecular weight excluding hydrogens is 397 g/mol. The van der Waals surface area contributed by atoms with E-state index < -0.39 is 23.7 Å². The highest BCUT2D eigenvalue weighted by molar-refractivity contribution is 5.85. The van der Waals surface area contributed by atoms with E-state index in [9.17, 15) is 18.0 Å². The normalized spacial score (nSPS) is 12.4. The number of halogens is 4. The zero-order valence-electron chi connectivity index (χ0n) is 16.0. The second-order valence-corrected chi connectivity index (χ2v) is 6.37. The second-order valence-electron chi connectivity index (χ2n) is 6.37. The molecule has 2 N–H and O–H groups in total. The van der Waals surface area contributed by atoms with E-state index in [1.165, 1.54) is 18.3 Å². The minimum atomic E-state index is -4.55. The molecule has 0 radical (unpaired) electrons. The number of likely N-dealkylation sites (N-methyl/N-ethyl adjacent to an activating group) is 1. The third kappa shape index (κ3) is 6.13. The van der Waals surface area contributed by atoms with Crippen molar-refractivity contribution in [2.45, 2.75) is 38.7 Å². The first-order chi connectivity index (χ1) is 12.6. The molecule has 28 heavy (non-hydrogen) atoms. The van der Waals surface area contributed by atoms with E-state index in [0.717, 1.165) is 6.07 Å². The predicted octanol–water partition coefficient (Wildman–Crippen LogP) is 3.22. The predicted molar refractivity (Wildman–Crippen MR) is 101 cm³/mol. The van der Waals surface area contributed by atoms with Gasteiger partial charge in [-0.3, -0.25) is 9.48 Å². The van der Waals surface area contributed by atoms with Gasteiger partial charge in [0, 0.05) is 25.4 Å². The Labute approximate surface area is 167 Å². The van der Waals surface area contributed by atoms with Crippen molar-refractivity contribution in [3.05, 3.63) is 47.3 Å². The van der Waals surface area contributed by atoms with Crippen molar-refractivity contribution in [2.75, 3.05) is 7.05 Å². The zero-order valence-corrected chi connectivity index (χ0v) is 16.8. The van der Waals surface area contributed by atoms with Gasteiger partial charge < -0.3 is 15.4 Å². The van der Waals surface area contributed by atoms with Gasteiger partial charge in [0.1, 0.15) is 11.8 Å². The number of hydrogen-bond donors (Lipinski definition) is 2. The van der Waals surface area contributed by atoms with Crippen molar-refractivity contribution in [1.29, 1.82) is 0 Å². The molecule has 1 aromatic carbocycles. The van der Waals surface area contributed by atoms with Crippen molar-refractivity contribution >= 4 is 18.3 Å². The second kappa shape index (κ2) is 9.79. The molecule has 0 aliphatic carbocycles. The summed E-state index contributed by atoms with van der Waals surface area (Å²) in [5.41, 5.74) is -0.245. The first-order valence-electron chi connectivity index (χ1n) is 8.42. The quantitative estimate of drug-likeness (QED) is 0.721. The third-order valence-corrected chi connectivity index (χ3v) is 3.82. The SMILES string of the molecule is CNC(C(=O)NCc1ccc(OC(C)C)cc1C(F)(F)F)c1cnn(C)c1.Cl. The van der Waals surface area contributed by atoms with Crippen LogP contribution >= 0.6 is 12.4 Å². The van der Waals surface area contributed by atoms with E-state index in [2.05, 4.69) is 15.7 Å². The third-order valence-electron chi connectivity index (χ3n) is 3.82. The van der Waals surface area contributed by atoms with Crippen LogP contribution in [0.1, 0.15) is 36.6 Å². The first-order valence-corrected chi connectivity index (χ1v) is 8.42. The van der Waals surface area contributed by atoms with Crippen LogP contribution in [0.3, 0.4) is 0 Å². The summed E-state index contributed by atoms with van der Waals surface area (Å²) in [6.45, 7) is 3.21. The zero-order chi connectivity index (χ0) is 20.2. The van der Waals surface area contributed by atoms with Gasteiger partial charge in [0.05, 0.1) is 17.9 Å². The number of carbonyl (C=O) groups excluding carboxylic acids is 1. The minimum absolute atomic E-state index is 0. The summed E-state index contributed by atoms with van der Waals surface area (Å²) in [7, 11) is 3.31. The molecule has 1 heterocycles. The van der Waals surface area contributed by atoms with Gasteiger partial charge in [0.2, 0.25) is 5.91 Å². The molecule has 156 valence electrons. The lowest BCUT2D eigenvalue weighted by atomic mass is 10.1. The highest BCUT2D eigenvalue weighted by Gasteiger charge is 2.34. The van der Waals surface area contributed by atoms with Gasteiger partial charge >= 0.3 is 6.18 Å². The summed E-state index contributed by atoms with van der Waals surface area (Å²) in [5.74, 6) is -0.308. The summed E-state index contributed by atoms with van der Waals surface area (Å²) in [6.07, 6.45) is -1.60. The van der Waals surface area contributed by atoms with Crippen LogP contribution in [-0.4, -0.2) is 28.8 Å². The van der Waals surface area contributed by atoms with Crippen LogP contribution in [0.2, 0.25) is 0 Å². The molecule has 0 saturated heterocycles. The number of rotatable bonds is 7. The summed E-state index contributed by atoms with van der Waals surface area (Å²) < 4.78 is 47.1. The fourth-order valence-corrected chi connectivity index (χ4v) is 2.64. The maximum absolute atomic E-state index is 13.4. The Morgan fingerprint density at radius 2 is 2.00 bits per heavy atom. The van der Waals surface area contributed by atoms with Crippen LogP contribution in [0.4, 0.5) is 13.2 Å². The maximum Gasteiger partial charge on any atom is 0.416 e. The van der Waals surface area contributed by atoms with Gasteiger partial charge in [-0.1, -0.05) is 6.07 Å². The average molecular weight is 421 g/mol. The first kappa shape index (κ1) is 23.8. The lowest BCUT2D eigenvalue weighted by molar-refractivity contribution is -0.138. The molecule has 1 atom stereocenters. The van der Waals surface area contributed by atoms with Gasteiger partial charge in [0.15, 0.2) is 0 Å². The van der Waals surface area contributed by atoms with Crippen LogP contribution in [0.5, 0.6) is 5.75 Å². The van der Waals surface area contributed by atoms with Crippen LogP contribution in [0.15, 0.2) is 30.6 Å². The molecule has 0 saturated carbocycles. The summed E-state index contributed by atoms with van der Waals surface area (Å²) in [4.78, 5) is 12.4. The van der Waals surface area contributed by atoms with Gasteiger partial charge in [0.25, 0.3) is 0 Å². The Bertz CT molecular complexity index is 793. The fourth-order valence-electron chi connectivity index (χ4n) is 2.64. The Kier molecular flexibility index (Phi) is 8.31. The van der Waals surface area contributed by atoms with Crippen molar-refractivity contribution in [3.63, 3.8) is 0 Å². The van der Waals surface area contributed by atoms with E-state index in [-0.39, 0.29) is 36.4 Å². The van der Waals surface area contributed by atoms with Crippen LogP contribution in [-0.2, 0) is 24.6 Å². The van der Waals surface area contributed by atoms with Gasteiger partial charge in [-0.05, 0) is 38.6 Å². The van der Waals surface area contributed by atoms with Crippen molar-refractivity contribution in [2.24, 2.45) is 7.05 Å². The standard InChI is InChI=1S/C18H23F3N4O2.ClH/c1-11(2)27-14-6-5-12(15(7-14)18(19,20)21)8-23-17(26)16(22-3)13-9-24-25(4)10-13;/h5-7,9-11,16,22H,8H2,1-4H3,(H,23,26);1H. The number of carbonyl (C=O) groups is 1. The Balaban J connectivity index is 0.00000392. The molecule has 1 aromatic heterocycles. The average Bonchev–Trinajstić information content (AvgIpc) is 2.99. The molecule has 0 fully saturated rings. The molecular formula is C18H24ClF3N4O2. The monoisotopic (exact) mass is 420 g/mol. The number of amides is 1. The van der Waals surface area contributed by atoms with Crippen molar-refractivity contribution in [3.8, 4) is 5.75 Å². The number of nitrogens with zero attached hydrogens (tertiary/aromatic N) is 2. The van der Waals surface area contributed by atoms with Crippen LogP contribution in [0.25, 0.3) is 0 Å². The van der Waals surface area contributed by atoms with E-state index >= 15 is 0 Å². The lowest BCUT2D eigenvalue weighted by Crippen LogP contribution is -2.35. The molecule has 1 amide bonds. The molecule has 0 bridgehead atoms. The number of aromatic nitrogens is 2.